The Bertz CT molecular complexity index is 1110. The second-order valence-corrected chi connectivity index (χ2v) is 8.63. The Labute approximate surface area is 168 Å². The number of rotatable bonds is 4. The van der Waals surface area contributed by atoms with Gasteiger partial charge in [-0.25, -0.2) is 8.42 Å². The van der Waals surface area contributed by atoms with E-state index < -0.39 is 21.7 Å². The van der Waals surface area contributed by atoms with Gasteiger partial charge in [0, 0.05) is 23.7 Å². The molecule has 9 heteroatoms. The molecule has 0 aliphatic carbocycles. The molecule has 0 fully saturated rings. The molecule has 0 spiro atoms. The summed E-state index contributed by atoms with van der Waals surface area (Å²) < 4.78 is 26.1. The second-order valence-electron chi connectivity index (χ2n) is 6.17. The zero-order chi connectivity index (χ0) is 20.5. The van der Waals surface area contributed by atoms with Gasteiger partial charge in [-0.2, -0.15) is 0 Å². The third-order valence-electron chi connectivity index (χ3n) is 4.36. The first kappa shape index (κ1) is 20.0. The Morgan fingerprint density at radius 1 is 1.18 bits per heavy atom. The van der Waals surface area contributed by atoms with Crippen molar-refractivity contribution in [1.82, 2.24) is 10.6 Å². The molecular weight excluding hydrogens is 398 g/mol. The summed E-state index contributed by atoms with van der Waals surface area (Å²) in [5, 5.41) is 8.17. The molecule has 3 N–H and O–H groups in total. The SMILES string of the molecule is CN/C=C(\S)CNC(=O)c1ccc2c(c1C)NC(=O)c1ccccc1S2(=O)=O. The van der Waals surface area contributed by atoms with Crippen molar-refractivity contribution in [3.05, 3.63) is 64.2 Å². The molecule has 0 unspecified atom stereocenters. The minimum Gasteiger partial charge on any atom is -0.393 e. The first-order valence-corrected chi connectivity index (χ1v) is 10.3. The number of carbonyl (C=O) groups excluding carboxylic acids is 2. The Morgan fingerprint density at radius 2 is 1.89 bits per heavy atom. The standard InChI is InChI=1S/C19H19N3O4S2/c1-11-13(18(23)21-10-12(27)9-20-2)7-8-16-17(11)22-19(24)14-5-3-4-6-15(14)28(16,25)26/h3-9,20,27H,10H2,1-2H3,(H,21,23)(H,22,24)/b12-9-. The molecule has 1 heterocycles. The van der Waals surface area contributed by atoms with Gasteiger partial charge in [-0.05, 0) is 36.8 Å². The third-order valence-corrected chi connectivity index (χ3v) is 6.50. The van der Waals surface area contributed by atoms with E-state index in [4.69, 9.17) is 0 Å². The van der Waals surface area contributed by atoms with Gasteiger partial charge < -0.3 is 16.0 Å². The molecule has 2 aromatic carbocycles. The molecule has 0 atom stereocenters. The predicted molar refractivity (Wildman–Crippen MR) is 109 cm³/mol. The van der Waals surface area contributed by atoms with E-state index in [2.05, 4.69) is 28.6 Å². The molecule has 1 aliphatic heterocycles. The Hall–Kier alpha value is -2.78. The highest BCUT2D eigenvalue weighted by molar-refractivity contribution is 7.91. The number of thiol groups is 1. The molecular formula is C19H19N3O4S2. The number of hydrogen-bond donors (Lipinski definition) is 4. The van der Waals surface area contributed by atoms with Crippen LogP contribution in [0.3, 0.4) is 0 Å². The van der Waals surface area contributed by atoms with Crippen LogP contribution in [0.4, 0.5) is 5.69 Å². The summed E-state index contributed by atoms with van der Waals surface area (Å²) in [7, 11) is -2.20. The lowest BCUT2D eigenvalue weighted by Gasteiger charge is -2.14. The summed E-state index contributed by atoms with van der Waals surface area (Å²) in [6, 6.07) is 8.82. The molecule has 0 aromatic heterocycles. The van der Waals surface area contributed by atoms with E-state index in [1.165, 1.54) is 24.3 Å². The van der Waals surface area contributed by atoms with Crippen LogP contribution in [0.5, 0.6) is 0 Å². The average Bonchev–Trinajstić information content (AvgIpc) is 2.75. The second kappa shape index (κ2) is 7.69. The quantitative estimate of drug-likeness (QED) is 0.571. The van der Waals surface area contributed by atoms with E-state index in [-0.39, 0.29) is 33.2 Å². The van der Waals surface area contributed by atoms with Crippen LogP contribution in [0.25, 0.3) is 0 Å². The maximum absolute atomic E-state index is 13.1. The fraction of sp³-hybridized carbons (Fsp3) is 0.158. The normalized spacial score (nSPS) is 15.0. The van der Waals surface area contributed by atoms with Gasteiger partial charge in [0.2, 0.25) is 9.84 Å². The minimum atomic E-state index is -3.91. The first-order chi connectivity index (χ1) is 13.3. The smallest absolute Gasteiger partial charge is 0.257 e. The van der Waals surface area contributed by atoms with Crippen molar-refractivity contribution in [2.45, 2.75) is 16.7 Å². The van der Waals surface area contributed by atoms with E-state index in [9.17, 15) is 18.0 Å². The number of hydrogen-bond acceptors (Lipinski definition) is 6. The van der Waals surface area contributed by atoms with Gasteiger partial charge >= 0.3 is 0 Å². The molecule has 0 bridgehead atoms. The maximum atomic E-state index is 13.1. The van der Waals surface area contributed by atoms with E-state index in [1.807, 2.05) is 0 Å². The highest BCUT2D eigenvalue weighted by Crippen LogP contribution is 2.36. The van der Waals surface area contributed by atoms with Gasteiger partial charge in [0.25, 0.3) is 11.8 Å². The number of fused-ring (bicyclic) bond motifs is 2. The average molecular weight is 418 g/mol. The monoisotopic (exact) mass is 417 g/mol. The van der Waals surface area contributed by atoms with Crippen molar-refractivity contribution in [3.8, 4) is 0 Å². The summed E-state index contributed by atoms with van der Waals surface area (Å²) >= 11 is 4.23. The molecule has 0 saturated carbocycles. The highest BCUT2D eigenvalue weighted by Gasteiger charge is 2.32. The van der Waals surface area contributed by atoms with E-state index in [1.54, 1.807) is 32.3 Å². The van der Waals surface area contributed by atoms with Crippen LogP contribution >= 0.6 is 12.6 Å². The fourth-order valence-electron chi connectivity index (χ4n) is 2.98. The van der Waals surface area contributed by atoms with Gasteiger partial charge in [-0.3, -0.25) is 9.59 Å². The van der Waals surface area contributed by atoms with Crippen LogP contribution in [0.1, 0.15) is 26.3 Å². The predicted octanol–water partition coefficient (Wildman–Crippen LogP) is 2.11. The zero-order valence-corrected chi connectivity index (χ0v) is 16.9. The van der Waals surface area contributed by atoms with Crippen LogP contribution in [0, 0.1) is 6.92 Å². The number of carbonyl (C=O) groups is 2. The molecule has 2 amide bonds. The van der Waals surface area contributed by atoms with E-state index >= 15 is 0 Å². The van der Waals surface area contributed by atoms with Gasteiger partial charge in [-0.1, -0.05) is 12.1 Å². The molecule has 2 aromatic rings. The summed E-state index contributed by atoms with van der Waals surface area (Å²) in [4.78, 5) is 25.7. The third kappa shape index (κ3) is 3.50. The number of anilines is 1. The summed E-state index contributed by atoms with van der Waals surface area (Å²) in [6.45, 7) is 1.81. The van der Waals surface area contributed by atoms with Crippen LogP contribution in [0.2, 0.25) is 0 Å². The van der Waals surface area contributed by atoms with Crippen LogP contribution < -0.4 is 16.0 Å². The van der Waals surface area contributed by atoms with Crippen molar-refractivity contribution < 1.29 is 18.0 Å². The van der Waals surface area contributed by atoms with Gasteiger partial charge in [0.1, 0.15) is 0 Å². The Kier molecular flexibility index (Phi) is 5.48. The van der Waals surface area contributed by atoms with Crippen LogP contribution in [-0.4, -0.2) is 33.8 Å². The summed E-state index contributed by atoms with van der Waals surface area (Å²) in [5.74, 6) is -0.932. The molecule has 0 radical (unpaired) electrons. The van der Waals surface area contributed by atoms with Gasteiger partial charge in [0.15, 0.2) is 0 Å². The summed E-state index contributed by atoms with van der Waals surface area (Å²) in [5.41, 5.74) is 0.829. The van der Waals surface area contributed by atoms with Crippen molar-refractivity contribution in [3.63, 3.8) is 0 Å². The fourth-order valence-corrected chi connectivity index (χ4v) is 4.86. The lowest BCUT2D eigenvalue weighted by molar-refractivity contribution is 0.0955. The molecule has 0 saturated heterocycles. The van der Waals surface area contributed by atoms with Crippen molar-refractivity contribution in [1.29, 1.82) is 0 Å². The number of nitrogens with one attached hydrogen (secondary N) is 3. The first-order valence-electron chi connectivity index (χ1n) is 8.40. The number of amides is 2. The molecule has 146 valence electrons. The number of benzene rings is 2. The topological polar surface area (TPSA) is 104 Å². The van der Waals surface area contributed by atoms with Gasteiger partial charge in [0.05, 0.1) is 27.6 Å². The maximum Gasteiger partial charge on any atom is 0.257 e. The lowest BCUT2D eigenvalue weighted by atomic mass is 10.1. The summed E-state index contributed by atoms with van der Waals surface area (Å²) in [6.07, 6.45) is 1.64. The Balaban J connectivity index is 2.05. The largest absolute Gasteiger partial charge is 0.393 e. The molecule has 28 heavy (non-hydrogen) atoms. The molecule has 1 aliphatic rings. The number of sulfone groups is 1. The lowest BCUT2D eigenvalue weighted by Crippen LogP contribution is -2.26. The van der Waals surface area contributed by atoms with Gasteiger partial charge in [-0.15, -0.1) is 12.6 Å². The van der Waals surface area contributed by atoms with E-state index in [0.29, 0.717) is 10.5 Å². The van der Waals surface area contributed by atoms with Crippen LogP contribution in [-0.2, 0) is 9.84 Å². The van der Waals surface area contributed by atoms with Crippen LogP contribution in [0.15, 0.2) is 57.3 Å². The zero-order valence-electron chi connectivity index (χ0n) is 15.2. The van der Waals surface area contributed by atoms with Crippen molar-refractivity contribution >= 4 is 40.0 Å². The Morgan fingerprint density at radius 3 is 2.61 bits per heavy atom. The van der Waals surface area contributed by atoms with Crippen molar-refractivity contribution in [2.24, 2.45) is 0 Å². The highest BCUT2D eigenvalue weighted by atomic mass is 32.2. The molecule has 3 rings (SSSR count). The van der Waals surface area contributed by atoms with E-state index in [0.717, 1.165) is 0 Å². The van der Waals surface area contributed by atoms with Crippen molar-refractivity contribution in [2.75, 3.05) is 18.9 Å². The minimum absolute atomic E-state index is 0.0372. The molecule has 7 nitrogen and oxygen atoms in total.